The van der Waals surface area contributed by atoms with Gasteiger partial charge in [0.05, 0.1) is 6.61 Å². The molecule has 0 aliphatic carbocycles. The van der Waals surface area contributed by atoms with Gasteiger partial charge in [-0.25, -0.2) is 0 Å². The van der Waals surface area contributed by atoms with Crippen LogP contribution in [0.2, 0.25) is 0 Å². The van der Waals surface area contributed by atoms with E-state index in [9.17, 15) is 0 Å². The van der Waals surface area contributed by atoms with Crippen molar-refractivity contribution in [1.82, 2.24) is 0 Å². The van der Waals surface area contributed by atoms with Gasteiger partial charge >= 0.3 is 0 Å². The van der Waals surface area contributed by atoms with E-state index in [1.807, 2.05) is 30.0 Å². The standard InChI is InChI=1S/C14H21NOS/c1-14(2)7-13(9-17-10-14)15-12-5-3-4-11(6-12)8-16/h3-6,13,15-16H,7-10H2,1-2H3. The number of hydrogen-bond acceptors (Lipinski definition) is 3. The van der Waals surface area contributed by atoms with Crippen molar-refractivity contribution < 1.29 is 5.11 Å². The first-order valence-electron chi connectivity index (χ1n) is 6.13. The number of aliphatic hydroxyl groups excluding tert-OH is 1. The van der Waals surface area contributed by atoms with Crippen LogP contribution in [-0.4, -0.2) is 22.7 Å². The molecule has 1 saturated heterocycles. The molecule has 1 aliphatic rings. The molecule has 0 aromatic heterocycles. The summed E-state index contributed by atoms with van der Waals surface area (Å²) in [6.45, 7) is 4.77. The van der Waals surface area contributed by atoms with Gasteiger partial charge in [0.15, 0.2) is 0 Å². The van der Waals surface area contributed by atoms with Crippen LogP contribution < -0.4 is 5.32 Å². The molecule has 3 heteroatoms. The van der Waals surface area contributed by atoms with Crippen LogP contribution in [0.3, 0.4) is 0 Å². The van der Waals surface area contributed by atoms with Gasteiger partial charge in [-0.2, -0.15) is 11.8 Å². The van der Waals surface area contributed by atoms with E-state index in [0.29, 0.717) is 11.5 Å². The van der Waals surface area contributed by atoms with Crippen molar-refractivity contribution in [3.8, 4) is 0 Å². The van der Waals surface area contributed by atoms with Gasteiger partial charge in [0.25, 0.3) is 0 Å². The summed E-state index contributed by atoms with van der Waals surface area (Å²) in [5.41, 5.74) is 2.52. The molecule has 1 aromatic rings. The van der Waals surface area contributed by atoms with Crippen molar-refractivity contribution in [3.05, 3.63) is 29.8 Å². The van der Waals surface area contributed by atoms with Crippen molar-refractivity contribution in [3.63, 3.8) is 0 Å². The zero-order valence-corrected chi connectivity index (χ0v) is 11.4. The zero-order valence-electron chi connectivity index (χ0n) is 10.6. The van der Waals surface area contributed by atoms with E-state index < -0.39 is 0 Å². The lowest BCUT2D eigenvalue weighted by Crippen LogP contribution is -2.35. The van der Waals surface area contributed by atoms with Gasteiger partial charge in [-0.1, -0.05) is 26.0 Å². The van der Waals surface area contributed by atoms with E-state index in [0.717, 1.165) is 11.3 Å². The number of nitrogens with one attached hydrogen (secondary N) is 1. The SMILES string of the molecule is CC1(C)CSCC(Nc2cccc(CO)c2)C1. The van der Waals surface area contributed by atoms with E-state index in [4.69, 9.17) is 5.11 Å². The summed E-state index contributed by atoms with van der Waals surface area (Å²) in [6, 6.07) is 8.59. The highest BCUT2D eigenvalue weighted by atomic mass is 32.2. The molecule has 1 unspecified atom stereocenters. The highest BCUT2D eigenvalue weighted by Crippen LogP contribution is 2.34. The van der Waals surface area contributed by atoms with E-state index in [2.05, 4.69) is 25.2 Å². The number of benzene rings is 1. The number of rotatable bonds is 3. The van der Waals surface area contributed by atoms with Gasteiger partial charge in [0, 0.05) is 17.5 Å². The van der Waals surface area contributed by atoms with Crippen molar-refractivity contribution in [2.75, 3.05) is 16.8 Å². The summed E-state index contributed by atoms with van der Waals surface area (Å²) < 4.78 is 0. The monoisotopic (exact) mass is 251 g/mol. The molecule has 2 rings (SSSR count). The number of aliphatic hydroxyl groups is 1. The molecule has 94 valence electrons. The van der Waals surface area contributed by atoms with Crippen LogP contribution in [0.5, 0.6) is 0 Å². The zero-order chi connectivity index (χ0) is 12.3. The third-order valence-electron chi connectivity index (χ3n) is 3.09. The molecule has 1 fully saturated rings. The molecular weight excluding hydrogens is 230 g/mol. The average Bonchev–Trinajstić information content (AvgIpc) is 2.28. The van der Waals surface area contributed by atoms with Crippen molar-refractivity contribution >= 4 is 17.4 Å². The maximum atomic E-state index is 9.12. The molecule has 17 heavy (non-hydrogen) atoms. The molecule has 1 aromatic carbocycles. The van der Waals surface area contributed by atoms with Crippen molar-refractivity contribution in [1.29, 1.82) is 0 Å². The first-order chi connectivity index (χ1) is 8.09. The Morgan fingerprint density at radius 2 is 2.29 bits per heavy atom. The predicted molar refractivity (Wildman–Crippen MR) is 75.5 cm³/mol. The molecule has 0 bridgehead atoms. The Balaban J connectivity index is 2.00. The molecule has 1 aliphatic heterocycles. The Labute approximate surface area is 108 Å². The lowest BCUT2D eigenvalue weighted by Gasteiger charge is -2.35. The first kappa shape index (κ1) is 12.8. The molecule has 1 heterocycles. The van der Waals surface area contributed by atoms with Gasteiger partial charge in [-0.3, -0.25) is 0 Å². The maximum Gasteiger partial charge on any atom is 0.0682 e. The first-order valence-corrected chi connectivity index (χ1v) is 7.29. The fourth-order valence-corrected chi connectivity index (χ4v) is 3.62. The highest BCUT2D eigenvalue weighted by Gasteiger charge is 2.28. The minimum absolute atomic E-state index is 0.112. The molecule has 2 nitrogen and oxygen atoms in total. The van der Waals surface area contributed by atoms with Gasteiger partial charge in [0.2, 0.25) is 0 Å². The summed E-state index contributed by atoms with van der Waals surface area (Å²) in [5, 5.41) is 12.7. The average molecular weight is 251 g/mol. The van der Waals surface area contributed by atoms with Crippen LogP contribution in [0.15, 0.2) is 24.3 Å². The molecule has 0 spiro atoms. The Bertz CT molecular complexity index is 378. The quantitative estimate of drug-likeness (QED) is 0.865. The van der Waals surface area contributed by atoms with Crippen LogP contribution in [0.25, 0.3) is 0 Å². The Hall–Kier alpha value is -0.670. The summed E-state index contributed by atoms with van der Waals surface area (Å²) in [4.78, 5) is 0. The smallest absolute Gasteiger partial charge is 0.0682 e. The van der Waals surface area contributed by atoms with E-state index in [-0.39, 0.29) is 6.61 Å². The minimum Gasteiger partial charge on any atom is -0.392 e. The van der Waals surface area contributed by atoms with Gasteiger partial charge in [-0.15, -0.1) is 0 Å². The van der Waals surface area contributed by atoms with Crippen LogP contribution in [0.1, 0.15) is 25.8 Å². The summed E-state index contributed by atoms with van der Waals surface area (Å²) in [6.07, 6.45) is 1.21. The molecular formula is C14H21NOS. The topological polar surface area (TPSA) is 32.3 Å². The summed E-state index contributed by atoms with van der Waals surface area (Å²) in [5.74, 6) is 2.43. The number of thioether (sulfide) groups is 1. The van der Waals surface area contributed by atoms with Gasteiger partial charge < -0.3 is 10.4 Å². The summed E-state index contributed by atoms with van der Waals surface area (Å²) in [7, 11) is 0. The molecule has 2 N–H and O–H groups in total. The Kier molecular flexibility index (Phi) is 4.00. The second-order valence-electron chi connectivity index (χ2n) is 5.58. The second kappa shape index (κ2) is 5.32. The van der Waals surface area contributed by atoms with Gasteiger partial charge in [0.1, 0.15) is 0 Å². The van der Waals surface area contributed by atoms with E-state index in [1.165, 1.54) is 17.9 Å². The second-order valence-corrected chi connectivity index (χ2v) is 6.61. The maximum absolute atomic E-state index is 9.12. The lowest BCUT2D eigenvalue weighted by atomic mass is 9.88. The normalized spacial score (nSPS) is 23.4. The highest BCUT2D eigenvalue weighted by molar-refractivity contribution is 7.99. The lowest BCUT2D eigenvalue weighted by molar-refractivity contribution is 0.282. The van der Waals surface area contributed by atoms with Crippen molar-refractivity contribution in [2.24, 2.45) is 5.41 Å². The number of anilines is 1. The molecule has 0 radical (unpaired) electrons. The van der Waals surface area contributed by atoms with Crippen LogP contribution in [-0.2, 0) is 6.61 Å². The minimum atomic E-state index is 0.112. The predicted octanol–water partition coefficient (Wildman–Crippen LogP) is 3.12. The van der Waals surface area contributed by atoms with Crippen LogP contribution >= 0.6 is 11.8 Å². The fourth-order valence-electron chi connectivity index (χ4n) is 2.35. The fraction of sp³-hybridized carbons (Fsp3) is 0.571. The number of hydrogen-bond donors (Lipinski definition) is 2. The van der Waals surface area contributed by atoms with Crippen molar-refractivity contribution in [2.45, 2.75) is 32.9 Å². The van der Waals surface area contributed by atoms with Gasteiger partial charge in [-0.05, 0) is 35.3 Å². The van der Waals surface area contributed by atoms with Crippen LogP contribution in [0.4, 0.5) is 5.69 Å². The largest absolute Gasteiger partial charge is 0.392 e. The van der Waals surface area contributed by atoms with E-state index >= 15 is 0 Å². The third kappa shape index (κ3) is 3.65. The van der Waals surface area contributed by atoms with Crippen LogP contribution in [0, 0.1) is 5.41 Å². The third-order valence-corrected chi connectivity index (χ3v) is 4.71. The molecule has 1 atom stereocenters. The van der Waals surface area contributed by atoms with E-state index in [1.54, 1.807) is 0 Å². The molecule has 0 amide bonds. The Morgan fingerprint density at radius 3 is 3.00 bits per heavy atom. The Morgan fingerprint density at radius 1 is 1.47 bits per heavy atom. The molecule has 0 saturated carbocycles. The summed E-state index contributed by atoms with van der Waals surface area (Å²) >= 11 is 2.03.